The predicted molar refractivity (Wildman–Crippen MR) is 63.2 cm³/mol. The number of methoxy groups -OCH3 is 1. The zero-order valence-corrected chi connectivity index (χ0v) is 10.2. The Bertz CT molecular complexity index is 456. The van der Waals surface area contributed by atoms with E-state index in [1.807, 2.05) is 0 Å². The summed E-state index contributed by atoms with van der Waals surface area (Å²) >= 11 is 0. The average molecular weight is 256 g/mol. The van der Waals surface area contributed by atoms with Crippen LogP contribution >= 0.6 is 0 Å². The van der Waals surface area contributed by atoms with Crippen LogP contribution in [0.1, 0.15) is 18.9 Å². The molecular weight excluding hydrogens is 242 g/mol. The minimum Gasteiger partial charge on any atom is -0.494 e. The average Bonchev–Trinajstić information content (AvgIpc) is 2.33. The van der Waals surface area contributed by atoms with Gasteiger partial charge in [0.05, 0.1) is 20.1 Å². The van der Waals surface area contributed by atoms with E-state index >= 15 is 0 Å². The third-order valence-electron chi connectivity index (χ3n) is 2.14. The van der Waals surface area contributed by atoms with Gasteiger partial charge in [-0.15, -0.1) is 0 Å². The van der Waals surface area contributed by atoms with Crippen molar-refractivity contribution < 1.29 is 23.0 Å². The lowest BCUT2D eigenvalue weighted by atomic mass is 10.1. The van der Waals surface area contributed by atoms with Crippen molar-refractivity contribution in [2.45, 2.75) is 13.3 Å². The van der Waals surface area contributed by atoms with E-state index in [4.69, 9.17) is 9.47 Å². The largest absolute Gasteiger partial charge is 0.494 e. The number of rotatable bonds is 5. The Kier molecular flexibility index (Phi) is 5.30. The van der Waals surface area contributed by atoms with Crippen molar-refractivity contribution in [3.05, 3.63) is 35.4 Å². The van der Waals surface area contributed by atoms with E-state index in [2.05, 4.69) is 0 Å². The standard InChI is InChI=1S/C13H14F2O3/c1-3-18-12(16)6-4-5-9-7-10(14)13(15)11(8-9)17-2/h4-5,7-8H,3,6H2,1-2H3. The fourth-order valence-electron chi connectivity index (χ4n) is 1.34. The number of ether oxygens (including phenoxy) is 2. The molecule has 0 fully saturated rings. The molecule has 5 heteroatoms. The van der Waals surface area contributed by atoms with E-state index in [1.165, 1.54) is 25.3 Å². The third-order valence-corrected chi connectivity index (χ3v) is 2.14. The van der Waals surface area contributed by atoms with Crippen LogP contribution in [0.5, 0.6) is 5.75 Å². The summed E-state index contributed by atoms with van der Waals surface area (Å²) in [5, 5.41) is 0. The number of benzene rings is 1. The highest BCUT2D eigenvalue weighted by atomic mass is 19.2. The molecule has 98 valence electrons. The Balaban J connectivity index is 2.76. The fraction of sp³-hybridized carbons (Fsp3) is 0.308. The maximum Gasteiger partial charge on any atom is 0.309 e. The fourth-order valence-corrected chi connectivity index (χ4v) is 1.34. The van der Waals surface area contributed by atoms with Gasteiger partial charge in [0.2, 0.25) is 5.82 Å². The van der Waals surface area contributed by atoms with Crippen LogP contribution < -0.4 is 4.74 Å². The van der Waals surface area contributed by atoms with Gasteiger partial charge in [-0.1, -0.05) is 12.2 Å². The van der Waals surface area contributed by atoms with Crippen molar-refractivity contribution in [2.75, 3.05) is 13.7 Å². The van der Waals surface area contributed by atoms with Crippen molar-refractivity contribution in [1.29, 1.82) is 0 Å². The summed E-state index contributed by atoms with van der Waals surface area (Å²) in [7, 11) is 1.25. The number of hydrogen-bond donors (Lipinski definition) is 0. The molecule has 1 aromatic carbocycles. The molecule has 0 amide bonds. The molecule has 0 spiro atoms. The number of hydrogen-bond acceptors (Lipinski definition) is 3. The topological polar surface area (TPSA) is 35.5 Å². The summed E-state index contributed by atoms with van der Waals surface area (Å²) in [6, 6.07) is 2.37. The van der Waals surface area contributed by atoms with Gasteiger partial charge in [-0.05, 0) is 24.6 Å². The molecule has 1 rings (SSSR count). The highest BCUT2D eigenvalue weighted by Crippen LogP contribution is 2.22. The predicted octanol–water partition coefficient (Wildman–Crippen LogP) is 2.94. The Morgan fingerprint density at radius 2 is 2.11 bits per heavy atom. The lowest BCUT2D eigenvalue weighted by Gasteiger charge is -2.04. The molecule has 0 bridgehead atoms. The summed E-state index contributed by atoms with van der Waals surface area (Å²) in [6.45, 7) is 2.02. The van der Waals surface area contributed by atoms with Gasteiger partial charge in [-0.25, -0.2) is 4.39 Å². The van der Waals surface area contributed by atoms with Crippen LogP contribution in [0.25, 0.3) is 6.08 Å². The van der Waals surface area contributed by atoms with Crippen LogP contribution in [0.2, 0.25) is 0 Å². The molecule has 0 N–H and O–H groups in total. The lowest BCUT2D eigenvalue weighted by Crippen LogP contribution is -2.01. The third kappa shape index (κ3) is 3.84. The minimum absolute atomic E-state index is 0.0785. The minimum atomic E-state index is -1.03. The number of esters is 1. The monoisotopic (exact) mass is 256 g/mol. The molecule has 0 aliphatic heterocycles. The molecule has 0 radical (unpaired) electrons. The molecule has 0 aromatic heterocycles. The normalized spacial score (nSPS) is 10.7. The van der Waals surface area contributed by atoms with E-state index in [0.29, 0.717) is 12.2 Å². The van der Waals surface area contributed by atoms with Crippen LogP contribution in [0.4, 0.5) is 8.78 Å². The highest BCUT2D eigenvalue weighted by Gasteiger charge is 2.09. The van der Waals surface area contributed by atoms with Crippen LogP contribution in [0, 0.1) is 11.6 Å². The van der Waals surface area contributed by atoms with Crippen LogP contribution in [-0.2, 0) is 9.53 Å². The molecule has 0 aliphatic rings. The quantitative estimate of drug-likeness (QED) is 0.760. The first-order chi connectivity index (χ1) is 8.58. The van der Waals surface area contributed by atoms with Gasteiger partial charge in [0.15, 0.2) is 11.6 Å². The van der Waals surface area contributed by atoms with Gasteiger partial charge in [-0.2, -0.15) is 4.39 Å². The van der Waals surface area contributed by atoms with Gasteiger partial charge >= 0.3 is 5.97 Å². The summed E-state index contributed by atoms with van der Waals surface area (Å²) < 4.78 is 35.7. The zero-order valence-electron chi connectivity index (χ0n) is 10.2. The Hall–Kier alpha value is -1.91. The van der Waals surface area contributed by atoms with Crippen molar-refractivity contribution in [3.8, 4) is 5.75 Å². The zero-order chi connectivity index (χ0) is 13.5. The van der Waals surface area contributed by atoms with Crippen molar-refractivity contribution >= 4 is 12.0 Å². The Morgan fingerprint density at radius 1 is 1.39 bits per heavy atom. The number of halogens is 2. The summed E-state index contributed by atoms with van der Waals surface area (Å²) in [6.07, 6.45) is 3.10. The van der Waals surface area contributed by atoms with Crippen LogP contribution in [-0.4, -0.2) is 19.7 Å². The Labute approximate surface area is 104 Å². The molecule has 1 aromatic rings. The van der Waals surface area contributed by atoms with Gasteiger partial charge < -0.3 is 9.47 Å². The molecule has 0 saturated carbocycles. The molecule has 18 heavy (non-hydrogen) atoms. The summed E-state index contributed by atoms with van der Waals surface area (Å²) in [4.78, 5) is 11.0. The van der Waals surface area contributed by atoms with Crippen molar-refractivity contribution in [1.82, 2.24) is 0 Å². The molecule has 0 saturated heterocycles. The van der Waals surface area contributed by atoms with E-state index in [0.717, 1.165) is 6.07 Å². The number of carbonyl (C=O) groups is 1. The van der Waals surface area contributed by atoms with Crippen molar-refractivity contribution in [2.24, 2.45) is 0 Å². The van der Waals surface area contributed by atoms with Gasteiger partial charge in [0.25, 0.3) is 0 Å². The molecular formula is C13H14F2O3. The second-order valence-electron chi connectivity index (χ2n) is 3.43. The van der Waals surface area contributed by atoms with E-state index in [1.54, 1.807) is 6.92 Å². The van der Waals surface area contributed by atoms with E-state index < -0.39 is 11.6 Å². The maximum atomic E-state index is 13.2. The van der Waals surface area contributed by atoms with Crippen LogP contribution in [0.15, 0.2) is 18.2 Å². The second kappa shape index (κ2) is 6.74. The first-order valence-electron chi connectivity index (χ1n) is 5.43. The maximum absolute atomic E-state index is 13.2. The van der Waals surface area contributed by atoms with Crippen LogP contribution in [0.3, 0.4) is 0 Å². The summed E-state index contributed by atoms with van der Waals surface area (Å²) in [5.41, 5.74) is 0.412. The molecule has 0 heterocycles. The smallest absolute Gasteiger partial charge is 0.309 e. The molecule has 3 nitrogen and oxygen atoms in total. The molecule has 0 aliphatic carbocycles. The number of carbonyl (C=O) groups excluding carboxylic acids is 1. The highest BCUT2D eigenvalue weighted by molar-refractivity contribution is 5.72. The first-order valence-corrected chi connectivity index (χ1v) is 5.43. The first kappa shape index (κ1) is 14.2. The van der Waals surface area contributed by atoms with Gasteiger partial charge in [0.1, 0.15) is 0 Å². The lowest BCUT2D eigenvalue weighted by molar-refractivity contribution is -0.142. The van der Waals surface area contributed by atoms with E-state index in [-0.39, 0.29) is 18.1 Å². The Morgan fingerprint density at radius 3 is 2.72 bits per heavy atom. The van der Waals surface area contributed by atoms with E-state index in [9.17, 15) is 13.6 Å². The molecule has 0 unspecified atom stereocenters. The van der Waals surface area contributed by atoms with Gasteiger partial charge in [0, 0.05) is 0 Å². The SMILES string of the molecule is CCOC(=O)CC=Cc1cc(F)c(F)c(OC)c1. The summed E-state index contributed by atoms with van der Waals surface area (Å²) in [5.74, 6) is -2.57. The van der Waals surface area contributed by atoms with Crippen molar-refractivity contribution in [3.63, 3.8) is 0 Å². The molecule has 0 atom stereocenters. The van der Waals surface area contributed by atoms with Gasteiger partial charge in [-0.3, -0.25) is 4.79 Å². The second-order valence-corrected chi connectivity index (χ2v) is 3.43.